The van der Waals surface area contributed by atoms with Crippen molar-refractivity contribution >= 4 is 49.3 Å². The van der Waals surface area contributed by atoms with Crippen LogP contribution in [0.1, 0.15) is 16.7 Å². The Morgan fingerprint density at radius 1 is 0.464 bits per heavy atom. The molecule has 0 aliphatic rings. The van der Waals surface area contributed by atoms with E-state index in [-0.39, 0.29) is 0 Å². The van der Waals surface area contributed by atoms with Gasteiger partial charge in [-0.25, -0.2) is 4.85 Å². The molecule has 10 rings (SSSR count). The first kappa shape index (κ1) is 32.9. The molecule has 0 fully saturated rings. The van der Waals surface area contributed by atoms with Crippen molar-refractivity contribution in [1.29, 1.82) is 5.26 Å². The maximum Gasteiger partial charge on any atom is 0.234 e. The van der Waals surface area contributed by atoms with Gasteiger partial charge in [0, 0.05) is 21.5 Å². The molecule has 4 heteroatoms. The highest BCUT2D eigenvalue weighted by Crippen LogP contribution is 2.46. The zero-order valence-corrected chi connectivity index (χ0v) is 31.0. The van der Waals surface area contributed by atoms with Gasteiger partial charge in [0.15, 0.2) is 0 Å². The summed E-state index contributed by atoms with van der Waals surface area (Å²) in [6, 6.07) is 61.9. The Labute approximate surface area is 325 Å². The van der Waals surface area contributed by atoms with E-state index in [1.54, 1.807) is 0 Å². The standard InChI is InChI=1S/C52H34N4/c1-33-17-19-37(20-18-33)39-21-24-48-44(31-39)42-13-7-9-15-46(42)55(48)50-26-23-41(40-28-34(2)27-35(29-40)32-53)52(51(50)54-3)56-47-16-10-8-14-43(47)45-30-38(22-25-49(45)56)36-11-5-4-6-12-36/h4-31H,1-2H3. The van der Waals surface area contributed by atoms with Gasteiger partial charge < -0.3 is 9.13 Å². The van der Waals surface area contributed by atoms with Crippen LogP contribution in [0, 0.1) is 31.8 Å². The first-order valence-electron chi connectivity index (χ1n) is 18.8. The van der Waals surface area contributed by atoms with Gasteiger partial charge in [-0.1, -0.05) is 121 Å². The molecule has 262 valence electrons. The molecule has 0 bridgehead atoms. The minimum atomic E-state index is 0.530. The number of hydrogen-bond donors (Lipinski definition) is 0. The smallest absolute Gasteiger partial charge is 0.234 e. The third kappa shape index (κ3) is 5.20. The van der Waals surface area contributed by atoms with Crippen LogP contribution in [0.2, 0.25) is 0 Å². The molecular weight excluding hydrogens is 681 g/mol. The lowest BCUT2D eigenvalue weighted by atomic mass is 9.97. The molecule has 4 nitrogen and oxygen atoms in total. The highest BCUT2D eigenvalue weighted by molar-refractivity contribution is 6.13. The Kier molecular flexibility index (Phi) is 7.66. The molecule has 0 unspecified atom stereocenters. The quantitative estimate of drug-likeness (QED) is 0.164. The van der Waals surface area contributed by atoms with Crippen molar-refractivity contribution in [3.05, 3.63) is 198 Å². The molecule has 56 heavy (non-hydrogen) atoms. The normalized spacial score (nSPS) is 11.4. The monoisotopic (exact) mass is 714 g/mol. The Morgan fingerprint density at radius 3 is 1.66 bits per heavy atom. The van der Waals surface area contributed by atoms with Crippen molar-refractivity contribution < 1.29 is 0 Å². The number of hydrogen-bond acceptors (Lipinski definition) is 1. The predicted octanol–water partition coefficient (Wildman–Crippen LogP) is 13.9. The maximum atomic E-state index is 10.1. The lowest BCUT2D eigenvalue weighted by Crippen LogP contribution is -2.03. The molecule has 0 aliphatic heterocycles. The van der Waals surface area contributed by atoms with E-state index in [1.165, 1.54) is 11.1 Å². The van der Waals surface area contributed by atoms with Gasteiger partial charge in [-0.05, 0) is 107 Å². The molecule has 0 saturated carbocycles. The minimum absolute atomic E-state index is 0.530. The second kappa shape index (κ2) is 13.0. The van der Waals surface area contributed by atoms with Crippen molar-refractivity contribution in [3.63, 3.8) is 0 Å². The van der Waals surface area contributed by atoms with Gasteiger partial charge in [-0.3, -0.25) is 0 Å². The second-order valence-corrected chi connectivity index (χ2v) is 14.5. The van der Waals surface area contributed by atoms with Gasteiger partial charge in [0.2, 0.25) is 5.69 Å². The van der Waals surface area contributed by atoms with Crippen LogP contribution in [0.15, 0.2) is 170 Å². The number of fused-ring (bicyclic) bond motifs is 6. The van der Waals surface area contributed by atoms with Gasteiger partial charge in [-0.15, -0.1) is 0 Å². The van der Waals surface area contributed by atoms with E-state index in [9.17, 15) is 5.26 Å². The zero-order chi connectivity index (χ0) is 37.9. The number of aromatic nitrogens is 2. The SMILES string of the molecule is [C-]#[N+]c1c(-n2c3ccccc3c3cc(-c4ccc(C)cc4)ccc32)ccc(-c2cc(C)cc(C#N)c2)c1-n1c2ccccc2c2cc(-c3ccccc3)ccc21. The van der Waals surface area contributed by atoms with Gasteiger partial charge in [0.05, 0.1) is 51.6 Å². The molecule has 0 spiro atoms. The third-order valence-corrected chi connectivity index (χ3v) is 11.1. The van der Waals surface area contributed by atoms with Gasteiger partial charge >= 0.3 is 0 Å². The van der Waals surface area contributed by atoms with Crippen molar-refractivity contribution in [1.82, 2.24) is 9.13 Å². The second-order valence-electron chi connectivity index (χ2n) is 14.5. The van der Waals surface area contributed by atoms with Crippen molar-refractivity contribution in [3.8, 4) is 50.8 Å². The summed E-state index contributed by atoms with van der Waals surface area (Å²) in [5.41, 5.74) is 15.4. The fourth-order valence-electron chi connectivity index (χ4n) is 8.50. The largest absolute Gasteiger partial charge is 0.319 e. The molecule has 0 saturated heterocycles. The summed E-state index contributed by atoms with van der Waals surface area (Å²) < 4.78 is 4.52. The van der Waals surface area contributed by atoms with Gasteiger partial charge in [0.1, 0.15) is 0 Å². The molecule has 2 aromatic heterocycles. The Hall–Kier alpha value is -7.66. The van der Waals surface area contributed by atoms with Crippen LogP contribution >= 0.6 is 0 Å². The molecule has 0 N–H and O–H groups in total. The fraction of sp³-hybridized carbons (Fsp3) is 0.0385. The van der Waals surface area contributed by atoms with E-state index in [1.807, 2.05) is 25.1 Å². The first-order chi connectivity index (χ1) is 27.5. The highest BCUT2D eigenvalue weighted by atomic mass is 15.1. The number of benzene rings is 8. The molecule has 0 amide bonds. The maximum absolute atomic E-state index is 10.1. The molecule has 0 aliphatic carbocycles. The lowest BCUT2D eigenvalue weighted by molar-refractivity contribution is 1.14. The molecule has 10 aromatic rings. The van der Waals surface area contributed by atoms with E-state index >= 15 is 0 Å². The van der Waals surface area contributed by atoms with Crippen LogP contribution in [0.3, 0.4) is 0 Å². The lowest BCUT2D eigenvalue weighted by Gasteiger charge is -2.20. The molecular formula is C52H34N4. The molecule has 0 atom stereocenters. The summed E-state index contributed by atoms with van der Waals surface area (Å²) in [6.45, 7) is 13.1. The first-order valence-corrected chi connectivity index (χ1v) is 18.8. The summed E-state index contributed by atoms with van der Waals surface area (Å²) in [6.07, 6.45) is 0. The number of rotatable bonds is 5. The Morgan fingerprint density at radius 2 is 1.02 bits per heavy atom. The van der Waals surface area contributed by atoms with Crippen molar-refractivity contribution in [2.75, 3.05) is 0 Å². The third-order valence-electron chi connectivity index (χ3n) is 11.1. The number of nitrogens with zero attached hydrogens (tertiary/aromatic N) is 4. The van der Waals surface area contributed by atoms with E-state index in [0.717, 1.165) is 88.4 Å². The number of para-hydroxylation sites is 2. The zero-order valence-electron chi connectivity index (χ0n) is 31.0. The van der Waals surface area contributed by atoms with Gasteiger partial charge in [-0.2, -0.15) is 5.26 Å². The number of nitriles is 1. The van der Waals surface area contributed by atoms with E-state index in [2.05, 4.69) is 179 Å². The van der Waals surface area contributed by atoms with Crippen LogP contribution in [0.4, 0.5) is 5.69 Å². The molecule has 8 aromatic carbocycles. The Balaban J connectivity index is 1.31. The fourth-order valence-corrected chi connectivity index (χ4v) is 8.50. The van der Waals surface area contributed by atoms with Crippen LogP contribution in [-0.2, 0) is 0 Å². The van der Waals surface area contributed by atoms with Crippen LogP contribution < -0.4 is 0 Å². The minimum Gasteiger partial charge on any atom is -0.319 e. The summed E-state index contributed by atoms with van der Waals surface area (Å²) in [7, 11) is 0. The van der Waals surface area contributed by atoms with Crippen molar-refractivity contribution in [2.24, 2.45) is 0 Å². The topological polar surface area (TPSA) is 38.0 Å². The number of aryl methyl sites for hydroxylation is 2. The predicted molar refractivity (Wildman–Crippen MR) is 232 cm³/mol. The highest BCUT2D eigenvalue weighted by Gasteiger charge is 2.25. The van der Waals surface area contributed by atoms with Gasteiger partial charge in [0.25, 0.3) is 0 Å². The molecule has 2 heterocycles. The van der Waals surface area contributed by atoms with Crippen LogP contribution in [0.25, 0.3) is 93.2 Å². The average Bonchev–Trinajstić information content (AvgIpc) is 3.75. The molecule has 0 radical (unpaired) electrons. The summed E-state index contributed by atoms with van der Waals surface area (Å²) >= 11 is 0. The van der Waals surface area contributed by atoms with E-state index in [4.69, 9.17) is 6.57 Å². The van der Waals surface area contributed by atoms with Crippen LogP contribution in [0.5, 0.6) is 0 Å². The summed E-state index contributed by atoms with van der Waals surface area (Å²) in [4.78, 5) is 4.44. The van der Waals surface area contributed by atoms with E-state index < -0.39 is 0 Å². The Bertz CT molecular complexity index is 3280. The summed E-state index contributed by atoms with van der Waals surface area (Å²) in [5.74, 6) is 0. The van der Waals surface area contributed by atoms with Crippen molar-refractivity contribution in [2.45, 2.75) is 13.8 Å². The summed E-state index contributed by atoms with van der Waals surface area (Å²) in [5, 5.41) is 14.5. The van der Waals surface area contributed by atoms with Crippen LogP contribution in [-0.4, -0.2) is 9.13 Å². The van der Waals surface area contributed by atoms with E-state index in [0.29, 0.717) is 11.3 Å². The average molecular weight is 715 g/mol.